The van der Waals surface area contributed by atoms with Gasteiger partial charge in [0.1, 0.15) is 6.61 Å². The number of halogens is 1. The van der Waals surface area contributed by atoms with E-state index in [1.54, 1.807) is 48.8 Å². The second-order valence-corrected chi connectivity index (χ2v) is 11.7. The number of benzene rings is 3. The van der Waals surface area contributed by atoms with Crippen LogP contribution in [0, 0.1) is 6.92 Å². The van der Waals surface area contributed by atoms with E-state index in [1.807, 2.05) is 38.1 Å². The first-order valence-electron chi connectivity index (χ1n) is 14.3. The van der Waals surface area contributed by atoms with Crippen molar-refractivity contribution in [1.29, 1.82) is 0 Å². The standard InChI is InChI=1S/C34H31ClN2O7S/c1-5-42-26-16-22(15-25(35)30(26)44-18-21-9-13-24(14-10-21)32(39)40)17-27-31(38)37-29(23-11-7-19(3)8-12-23)28(33(41)43-6-2)20(4)36-34(37)45-27/h7-17,29H,5-6,18H2,1-4H3,(H,39,40)/b27-17+/t29-/m0/s1. The molecule has 1 aliphatic rings. The summed E-state index contributed by atoms with van der Waals surface area (Å²) in [5.41, 5.74) is 3.87. The molecule has 0 radical (unpaired) electrons. The zero-order chi connectivity index (χ0) is 32.2. The minimum Gasteiger partial charge on any atom is -0.490 e. The number of nitrogens with zero attached hydrogens (tertiary/aromatic N) is 2. The van der Waals surface area contributed by atoms with Crippen LogP contribution in [0.4, 0.5) is 0 Å². The van der Waals surface area contributed by atoms with E-state index in [2.05, 4.69) is 4.99 Å². The van der Waals surface area contributed by atoms with Gasteiger partial charge < -0.3 is 19.3 Å². The summed E-state index contributed by atoms with van der Waals surface area (Å²) in [5.74, 6) is -0.801. The molecule has 1 aliphatic heterocycles. The molecule has 0 unspecified atom stereocenters. The molecule has 9 nitrogen and oxygen atoms in total. The van der Waals surface area contributed by atoms with Crippen molar-refractivity contribution >= 4 is 41.0 Å². The van der Waals surface area contributed by atoms with Crippen molar-refractivity contribution in [2.45, 2.75) is 40.3 Å². The topological polar surface area (TPSA) is 116 Å². The number of carboxylic acid groups (broad SMARTS) is 1. The van der Waals surface area contributed by atoms with E-state index >= 15 is 0 Å². The third kappa shape index (κ3) is 6.72. The Morgan fingerprint density at radius 2 is 1.73 bits per heavy atom. The van der Waals surface area contributed by atoms with Gasteiger partial charge in [-0.25, -0.2) is 14.6 Å². The molecule has 0 fully saturated rings. The number of aryl methyl sites for hydroxylation is 1. The molecule has 0 bridgehead atoms. The van der Waals surface area contributed by atoms with Gasteiger partial charge in [0.15, 0.2) is 16.3 Å². The third-order valence-corrected chi connectivity index (χ3v) is 8.39. The molecular formula is C34H31ClN2O7S. The maximum Gasteiger partial charge on any atom is 0.338 e. The van der Waals surface area contributed by atoms with Crippen LogP contribution in [-0.4, -0.2) is 34.8 Å². The van der Waals surface area contributed by atoms with Gasteiger partial charge in [-0.1, -0.05) is 64.9 Å². The lowest BCUT2D eigenvalue weighted by Crippen LogP contribution is -2.39. The first kappa shape index (κ1) is 31.7. The number of hydrogen-bond acceptors (Lipinski definition) is 8. The van der Waals surface area contributed by atoms with Gasteiger partial charge in [0.2, 0.25) is 0 Å². The predicted octanol–water partition coefficient (Wildman–Crippen LogP) is 5.44. The Hall–Kier alpha value is -4.67. The number of thiazole rings is 1. The van der Waals surface area contributed by atoms with Crippen molar-refractivity contribution in [3.8, 4) is 11.5 Å². The Labute approximate surface area is 268 Å². The van der Waals surface area contributed by atoms with Gasteiger partial charge in [-0.05, 0) is 74.7 Å². The highest BCUT2D eigenvalue weighted by Gasteiger charge is 2.33. The van der Waals surface area contributed by atoms with Crippen molar-refractivity contribution in [3.63, 3.8) is 0 Å². The Morgan fingerprint density at radius 3 is 2.38 bits per heavy atom. The SMILES string of the molecule is CCOC(=O)C1=C(C)N=c2s/c(=C/c3cc(Cl)c(OCc4ccc(C(=O)O)cc4)c(OCC)c3)c(=O)n2[C@H]1c1ccc(C)cc1. The molecular weight excluding hydrogens is 616 g/mol. The number of aromatic nitrogens is 1. The van der Waals surface area contributed by atoms with Crippen LogP contribution >= 0.6 is 22.9 Å². The Kier molecular flexibility index (Phi) is 9.55. The maximum atomic E-state index is 14.0. The van der Waals surface area contributed by atoms with Crippen LogP contribution in [0.2, 0.25) is 5.02 Å². The molecule has 1 N–H and O–H groups in total. The smallest absolute Gasteiger partial charge is 0.338 e. The molecule has 11 heteroatoms. The fourth-order valence-corrected chi connectivity index (χ4v) is 6.30. The van der Waals surface area contributed by atoms with E-state index in [0.717, 1.165) is 16.7 Å². The number of allylic oxidation sites excluding steroid dienone is 1. The van der Waals surface area contributed by atoms with Crippen molar-refractivity contribution in [2.75, 3.05) is 13.2 Å². The zero-order valence-corrected chi connectivity index (χ0v) is 26.7. The molecule has 4 aromatic rings. The number of carbonyl (C=O) groups is 2. The highest BCUT2D eigenvalue weighted by Crippen LogP contribution is 2.37. The first-order chi connectivity index (χ1) is 21.6. The van der Waals surface area contributed by atoms with Crippen LogP contribution in [0.15, 0.2) is 81.7 Å². The molecule has 0 saturated carbocycles. The van der Waals surface area contributed by atoms with E-state index in [-0.39, 0.29) is 29.4 Å². The first-order valence-corrected chi connectivity index (χ1v) is 15.5. The quantitative estimate of drug-likeness (QED) is 0.228. The van der Waals surface area contributed by atoms with Gasteiger partial charge in [0.05, 0.1) is 45.6 Å². The number of carboxylic acids is 1. The summed E-state index contributed by atoms with van der Waals surface area (Å²) in [6.45, 7) is 7.97. The fourth-order valence-electron chi connectivity index (χ4n) is 4.98. The van der Waals surface area contributed by atoms with E-state index in [1.165, 1.54) is 23.5 Å². The Balaban J connectivity index is 1.54. The normalized spacial score (nSPS) is 14.5. The molecule has 0 aliphatic carbocycles. The average Bonchev–Trinajstić information content (AvgIpc) is 3.30. The fraction of sp³-hybridized carbons (Fsp3) is 0.235. The van der Waals surface area contributed by atoms with Crippen molar-refractivity contribution < 1.29 is 28.9 Å². The number of aromatic carboxylic acids is 1. The summed E-state index contributed by atoms with van der Waals surface area (Å²) in [6, 6.07) is 16.8. The van der Waals surface area contributed by atoms with E-state index in [4.69, 9.17) is 30.9 Å². The van der Waals surface area contributed by atoms with Crippen molar-refractivity contribution in [1.82, 2.24) is 4.57 Å². The van der Waals surface area contributed by atoms with Gasteiger partial charge in [-0.3, -0.25) is 9.36 Å². The highest BCUT2D eigenvalue weighted by atomic mass is 35.5. The number of carbonyl (C=O) groups excluding carboxylic acids is 1. The molecule has 2 heterocycles. The molecule has 5 rings (SSSR count). The summed E-state index contributed by atoms with van der Waals surface area (Å²) in [5, 5.41) is 9.41. The molecule has 3 aromatic carbocycles. The van der Waals surface area contributed by atoms with E-state index in [9.17, 15) is 14.4 Å². The number of esters is 1. The molecule has 0 amide bonds. The largest absolute Gasteiger partial charge is 0.490 e. The van der Waals surface area contributed by atoms with Crippen LogP contribution in [0.25, 0.3) is 6.08 Å². The molecule has 0 saturated heterocycles. The maximum absolute atomic E-state index is 14.0. The van der Waals surface area contributed by atoms with Crippen LogP contribution in [-0.2, 0) is 16.1 Å². The predicted molar refractivity (Wildman–Crippen MR) is 172 cm³/mol. The average molecular weight is 647 g/mol. The minimum absolute atomic E-state index is 0.138. The summed E-state index contributed by atoms with van der Waals surface area (Å²) in [6.07, 6.45) is 1.71. The summed E-state index contributed by atoms with van der Waals surface area (Å²) < 4.78 is 19.1. The Morgan fingerprint density at radius 1 is 1.02 bits per heavy atom. The number of ether oxygens (including phenoxy) is 3. The van der Waals surface area contributed by atoms with Crippen LogP contribution in [0.5, 0.6) is 11.5 Å². The summed E-state index contributed by atoms with van der Waals surface area (Å²) in [4.78, 5) is 43.3. The second kappa shape index (κ2) is 13.5. The highest BCUT2D eigenvalue weighted by molar-refractivity contribution is 7.07. The van der Waals surface area contributed by atoms with Gasteiger partial charge >= 0.3 is 11.9 Å². The third-order valence-electron chi connectivity index (χ3n) is 7.12. The minimum atomic E-state index is -1.01. The molecule has 1 aromatic heterocycles. The van der Waals surface area contributed by atoms with Gasteiger partial charge in [0.25, 0.3) is 5.56 Å². The Bertz CT molecular complexity index is 1980. The summed E-state index contributed by atoms with van der Waals surface area (Å²) >= 11 is 7.88. The van der Waals surface area contributed by atoms with Crippen LogP contribution in [0.1, 0.15) is 59.4 Å². The van der Waals surface area contributed by atoms with Gasteiger partial charge in [-0.15, -0.1) is 0 Å². The molecule has 232 valence electrons. The molecule has 0 spiro atoms. The van der Waals surface area contributed by atoms with E-state index in [0.29, 0.717) is 44.3 Å². The van der Waals surface area contributed by atoms with Crippen molar-refractivity contribution in [3.05, 3.63) is 124 Å². The van der Waals surface area contributed by atoms with Crippen LogP contribution in [0.3, 0.4) is 0 Å². The monoisotopic (exact) mass is 646 g/mol. The van der Waals surface area contributed by atoms with Crippen LogP contribution < -0.4 is 24.4 Å². The van der Waals surface area contributed by atoms with Crippen molar-refractivity contribution in [2.24, 2.45) is 4.99 Å². The van der Waals surface area contributed by atoms with E-state index < -0.39 is 18.0 Å². The zero-order valence-electron chi connectivity index (χ0n) is 25.1. The van der Waals surface area contributed by atoms with Gasteiger partial charge in [-0.2, -0.15) is 0 Å². The second-order valence-electron chi connectivity index (χ2n) is 10.3. The number of rotatable bonds is 10. The lowest BCUT2D eigenvalue weighted by molar-refractivity contribution is -0.139. The summed E-state index contributed by atoms with van der Waals surface area (Å²) in [7, 11) is 0. The number of fused-ring (bicyclic) bond motifs is 1. The number of hydrogen-bond donors (Lipinski definition) is 1. The molecule has 1 atom stereocenters. The molecule has 45 heavy (non-hydrogen) atoms. The van der Waals surface area contributed by atoms with Gasteiger partial charge in [0, 0.05) is 0 Å². The lowest BCUT2D eigenvalue weighted by atomic mass is 9.95. The lowest BCUT2D eigenvalue weighted by Gasteiger charge is -2.24.